The predicted octanol–water partition coefficient (Wildman–Crippen LogP) is 2.76. The molecule has 2 rings (SSSR count). The van der Waals surface area contributed by atoms with Crippen molar-refractivity contribution in [3.63, 3.8) is 0 Å². The molecule has 0 saturated heterocycles. The maximum Gasteiger partial charge on any atom is 0.155 e. The van der Waals surface area contributed by atoms with Gasteiger partial charge in [0.05, 0.1) is 9.88 Å². The number of nitrogens with zero attached hydrogens (tertiary/aromatic N) is 1. The van der Waals surface area contributed by atoms with Crippen LogP contribution in [0.1, 0.15) is 13.8 Å². The van der Waals surface area contributed by atoms with Gasteiger partial charge in [-0.05, 0) is 26.9 Å². The second kappa shape index (κ2) is 6.34. The molecule has 88 valence electrons. The van der Waals surface area contributed by atoms with Gasteiger partial charge in [-0.15, -0.1) is 11.3 Å². The molecule has 0 saturated carbocycles. The van der Waals surface area contributed by atoms with Gasteiger partial charge in [-0.1, -0.05) is 53.9 Å². The highest BCUT2D eigenvalue weighted by Crippen LogP contribution is 2.35. The number of hydrogen-bond donors (Lipinski definition) is 0. The summed E-state index contributed by atoms with van der Waals surface area (Å²) in [6.07, 6.45) is 4.20. The van der Waals surface area contributed by atoms with E-state index < -0.39 is 0 Å². The highest BCUT2D eigenvalue weighted by molar-refractivity contribution is 8.52. The maximum atomic E-state index is 4.62. The lowest BCUT2D eigenvalue weighted by atomic mass is 10.4. The van der Waals surface area contributed by atoms with E-state index in [0.29, 0.717) is 0 Å². The van der Waals surface area contributed by atoms with Crippen molar-refractivity contribution in [3.8, 4) is 0 Å². The Bertz CT molecular complexity index is 558. The van der Waals surface area contributed by atoms with Crippen LogP contribution in [-0.4, -0.2) is 4.98 Å². The van der Waals surface area contributed by atoms with Crippen LogP contribution in [0, 0.1) is 0 Å². The van der Waals surface area contributed by atoms with E-state index in [-0.39, 0.29) is 0 Å². The summed E-state index contributed by atoms with van der Waals surface area (Å²) in [6, 6.07) is 10.6. The van der Waals surface area contributed by atoms with Gasteiger partial charge in [0.25, 0.3) is 0 Å². The van der Waals surface area contributed by atoms with Crippen LogP contribution in [-0.2, 0) is 0 Å². The summed E-state index contributed by atoms with van der Waals surface area (Å²) in [4.78, 5) is 4.62. The first kappa shape index (κ1) is 12.8. The summed E-state index contributed by atoms with van der Waals surface area (Å²) in [6.45, 7) is 4.10. The topological polar surface area (TPSA) is 12.9 Å². The zero-order valence-electron chi connectivity index (χ0n) is 9.81. The first-order valence-corrected chi connectivity index (χ1v) is 8.76. The lowest BCUT2D eigenvalue weighted by molar-refractivity contribution is 1.19. The zero-order valence-corrected chi connectivity index (χ0v) is 12.4. The molecule has 0 fully saturated rings. The van der Waals surface area contributed by atoms with Gasteiger partial charge in [-0.25, -0.2) is 4.98 Å². The molecule has 2 aromatic rings. The Balaban J connectivity index is 2.13. The average Bonchev–Trinajstić information content (AvgIpc) is 2.80. The Kier molecular flexibility index (Phi) is 4.78. The molecule has 1 nitrogen and oxygen atoms in total. The molecule has 0 radical (unpaired) electrons. The fourth-order valence-electron chi connectivity index (χ4n) is 1.39. The lowest BCUT2D eigenvalue weighted by Gasteiger charge is -1.96. The predicted molar refractivity (Wildman–Crippen MR) is 81.9 cm³/mol. The molecule has 0 spiro atoms. The summed E-state index contributed by atoms with van der Waals surface area (Å²) in [5.74, 6) is 0. The highest BCUT2D eigenvalue weighted by atomic mass is 32.7. The molecule has 0 aliphatic rings. The van der Waals surface area contributed by atoms with Crippen molar-refractivity contribution in [2.45, 2.75) is 18.2 Å². The Labute approximate surface area is 111 Å². The molecule has 0 aliphatic carbocycles. The number of aromatic nitrogens is 1. The third kappa shape index (κ3) is 3.41. The van der Waals surface area contributed by atoms with Gasteiger partial charge in [0.1, 0.15) is 0 Å². The van der Waals surface area contributed by atoms with Crippen LogP contribution in [0.2, 0.25) is 0 Å². The second-order valence-corrected chi connectivity index (χ2v) is 7.26. The molecule has 0 aliphatic heterocycles. The number of hydrogen-bond acceptors (Lipinski definition) is 3. The third-order valence-corrected chi connectivity index (χ3v) is 6.63. The van der Waals surface area contributed by atoms with Crippen LogP contribution in [0.4, 0.5) is 0 Å². The van der Waals surface area contributed by atoms with Crippen LogP contribution in [0.15, 0.2) is 34.7 Å². The highest BCUT2D eigenvalue weighted by Gasteiger charge is 2.00. The number of thiazole rings is 1. The molecule has 1 aromatic carbocycles. The fourth-order valence-corrected chi connectivity index (χ4v) is 5.13. The Morgan fingerprint density at radius 2 is 1.94 bits per heavy atom. The van der Waals surface area contributed by atoms with Crippen LogP contribution >= 0.6 is 30.5 Å². The van der Waals surface area contributed by atoms with E-state index >= 15 is 0 Å². The largest absolute Gasteiger partial charge is 0.230 e. The summed E-state index contributed by atoms with van der Waals surface area (Å²) >= 11 is 3.61. The molecule has 1 heterocycles. The molecule has 0 bridgehead atoms. The Morgan fingerprint density at radius 1 is 1.18 bits per heavy atom. The van der Waals surface area contributed by atoms with E-state index in [1.165, 1.54) is 9.84 Å². The number of rotatable bonds is 3. The summed E-state index contributed by atoms with van der Waals surface area (Å²) in [5, 5.41) is 2.48. The maximum absolute atomic E-state index is 4.62. The van der Waals surface area contributed by atoms with Gasteiger partial charge < -0.3 is 0 Å². The molecule has 1 atom stereocenters. The molecule has 17 heavy (non-hydrogen) atoms. The normalized spacial score (nSPS) is 14.0. The molecule has 0 amide bonds. The molecule has 1 aromatic heterocycles. The minimum atomic E-state index is 0.731. The molecular formula is C13H14NPS2. The van der Waals surface area contributed by atoms with Gasteiger partial charge in [0.2, 0.25) is 0 Å². The van der Waals surface area contributed by atoms with Crippen molar-refractivity contribution in [2.24, 2.45) is 0 Å². The monoisotopic (exact) mass is 279 g/mol. The first-order valence-electron chi connectivity index (χ1n) is 5.41. The summed E-state index contributed by atoms with van der Waals surface area (Å²) in [5.41, 5.74) is 0. The van der Waals surface area contributed by atoms with Crippen LogP contribution in [0.5, 0.6) is 0 Å². The lowest BCUT2D eigenvalue weighted by Crippen LogP contribution is -2.19. The van der Waals surface area contributed by atoms with Crippen molar-refractivity contribution in [2.75, 3.05) is 0 Å². The van der Waals surface area contributed by atoms with Crippen LogP contribution in [0.25, 0.3) is 12.2 Å². The molecule has 4 heteroatoms. The minimum Gasteiger partial charge on any atom is -0.230 e. The molecule has 1 unspecified atom stereocenters. The van der Waals surface area contributed by atoms with Crippen molar-refractivity contribution in [1.29, 1.82) is 0 Å². The van der Waals surface area contributed by atoms with E-state index in [2.05, 4.69) is 54.4 Å². The number of benzene rings is 1. The average molecular weight is 279 g/mol. The van der Waals surface area contributed by atoms with E-state index in [1.807, 2.05) is 18.3 Å². The van der Waals surface area contributed by atoms with E-state index in [0.717, 1.165) is 17.5 Å². The second-order valence-electron chi connectivity index (χ2n) is 3.38. The summed E-state index contributed by atoms with van der Waals surface area (Å²) < 4.78 is 2.43. The van der Waals surface area contributed by atoms with Gasteiger partial charge in [-0.2, -0.15) is 0 Å². The van der Waals surface area contributed by atoms with Gasteiger partial charge in [0, 0.05) is 0 Å². The quantitative estimate of drug-likeness (QED) is 0.801. The zero-order chi connectivity index (χ0) is 12.1. The van der Waals surface area contributed by atoms with Gasteiger partial charge >= 0.3 is 0 Å². The Hall–Kier alpha value is -0.630. The van der Waals surface area contributed by atoms with Crippen LogP contribution in [0.3, 0.4) is 0 Å². The standard InChI is InChI=1S/C13H14NPS2/c1-3-11-12(4-2)16-13(14-11)17-15-10-8-6-5-7-9-10/h3-9,15H,1-2H3/b11-3+,12-4+. The summed E-state index contributed by atoms with van der Waals surface area (Å²) in [7, 11) is 0.731. The Morgan fingerprint density at radius 3 is 2.53 bits per heavy atom. The molecule has 0 N–H and O–H groups in total. The van der Waals surface area contributed by atoms with Crippen molar-refractivity contribution >= 4 is 48.0 Å². The van der Waals surface area contributed by atoms with E-state index in [9.17, 15) is 0 Å². The van der Waals surface area contributed by atoms with Gasteiger partial charge in [-0.3, -0.25) is 0 Å². The molecular weight excluding hydrogens is 265 g/mol. The SMILES string of the molecule is C/C=c1/nc(SPc2ccccc2)s/c1=C/C. The third-order valence-electron chi connectivity index (χ3n) is 2.23. The van der Waals surface area contributed by atoms with Crippen molar-refractivity contribution < 1.29 is 0 Å². The first-order chi connectivity index (χ1) is 8.33. The van der Waals surface area contributed by atoms with Gasteiger partial charge in [0.15, 0.2) is 4.34 Å². The van der Waals surface area contributed by atoms with E-state index in [1.54, 1.807) is 11.3 Å². The van der Waals surface area contributed by atoms with Crippen molar-refractivity contribution in [3.05, 3.63) is 40.2 Å². The van der Waals surface area contributed by atoms with E-state index in [4.69, 9.17) is 0 Å². The smallest absolute Gasteiger partial charge is 0.155 e. The van der Waals surface area contributed by atoms with Crippen molar-refractivity contribution in [1.82, 2.24) is 4.98 Å². The van der Waals surface area contributed by atoms with Crippen LogP contribution < -0.4 is 15.2 Å². The minimum absolute atomic E-state index is 0.731. The fraction of sp³-hybridized carbons (Fsp3) is 0.154.